The van der Waals surface area contributed by atoms with Crippen molar-refractivity contribution in [1.82, 2.24) is 9.55 Å². The normalized spacial score (nSPS) is 11.3. The summed E-state index contributed by atoms with van der Waals surface area (Å²) in [6, 6.07) is 8.22. The molecular weight excluding hydrogens is 415 g/mol. The first-order valence-electron chi connectivity index (χ1n) is 7.73. The second-order valence-corrected chi connectivity index (χ2v) is 6.11. The van der Waals surface area contributed by atoms with Crippen LogP contribution in [-0.4, -0.2) is 29.6 Å². The van der Waals surface area contributed by atoms with Crippen molar-refractivity contribution in [2.24, 2.45) is 17.8 Å². The lowest BCUT2D eigenvalue weighted by molar-refractivity contribution is 0.801. The fourth-order valence-corrected chi connectivity index (χ4v) is 2.33. The van der Waals surface area contributed by atoms with E-state index in [1.54, 1.807) is 0 Å². The summed E-state index contributed by atoms with van der Waals surface area (Å²) in [6.07, 6.45) is 1.82. The van der Waals surface area contributed by atoms with Crippen LogP contribution in [0.5, 0.6) is 0 Å². The van der Waals surface area contributed by atoms with E-state index in [-0.39, 0.29) is 24.0 Å². The van der Waals surface area contributed by atoms with Gasteiger partial charge < -0.3 is 20.5 Å². The minimum absolute atomic E-state index is 0. The second kappa shape index (κ2) is 8.91. The lowest BCUT2D eigenvalue weighted by Crippen LogP contribution is -2.23. The standard InChI is InChI=1S/C17H26N6.HI/c1-12(2)13-7-6-8-14(9-13)21-16(18)19-10-15-11-20-17(22(3)4)23(15)5;/h6-9,11-12H,10H2,1-5H3,(H3,18,19,21);1H. The van der Waals surface area contributed by atoms with E-state index >= 15 is 0 Å². The first kappa shape index (κ1) is 20.3. The van der Waals surface area contributed by atoms with E-state index in [2.05, 4.69) is 41.3 Å². The molecule has 0 fully saturated rings. The Bertz CT molecular complexity index is 690. The molecule has 0 saturated carbocycles. The first-order valence-corrected chi connectivity index (χ1v) is 7.73. The molecule has 7 heteroatoms. The summed E-state index contributed by atoms with van der Waals surface area (Å²) in [6.45, 7) is 4.82. The highest BCUT2D eigenvalue weighted by Crippen LogP contribution is 2.18. The van der Waals surface area contributed by atoms with Crippen LogP contribution in [0.25, 0.3) is 0 Å². The summed E-state index contributed by atoms with van der Waals surface area (Å²) in [5, 5.41) is 3.14. The summed E-state index contributed by atoms with van der Waals surface area (Å²) in [5.74, 6) is 1.78. The highest BCUT2D eigenvalue weighted by Gasteiger charge is 2.07. The molecule has 3 N–H and O–H groups in total. The molecule has 0 bridgehead atoms. The van der Waals surface area contributed by atoms with Crippen molar-refractivity contribution in [3.05, 3.63) is 41.7 Å². The number of anilines is 2. The van der Waals surface area contributed by atoms with Crippen LogP contribution < -0.4 is 16.0 Å². The van der Waals surface area contributed by atoms with E-state index in [9.17, 15) is 0 Å². The molecule has 132 valence electrons. The summed E-state index contributed by atoms with van der Waals surface area (Å²) in [7, 11) is 5.91. The van der Waals surface area contributed by atoms with E-state index < -0.39 is 0 Å². The Morgan fingerprint density at radius 1 is 1.38 bits per heavy atom. The highest BCUT2D eigenvalue weighted by molar-refractivity contribution is 14.0. The average molecular weight is 442 g/mol. The maximum absolute atomic E-state index is 6.00. The number of guanidine groups is 1. The van der Waals surface area contributed by atoms with Gasteiger partial charge in [0.1, 0.15) is 0 Å². The largest absolute Gasteiger partial charge is 0.370 e. The van der Waals surface area contributed by atoms with E-state index in [0.29, 0.717) is 18.4 Å². The van der Waals surface area contributed by atoms with E-state index in [4.69, 9.17) is 5.73 Å². The van der Waals surface area contributed by atoms with Gasteiger partial charge in [0, 0.05) is 26.8 Å². The molecule has 0 unspecified atom stereocenters. The molecule has 0 aliphatic carbocycles. The summed E-state index contributed by atoms with van der Waals surface area (Å²) >= 11 is 0. The van der Waals surface area contributed by atoms with Crippen LogP contribution in [0, 0.1) is 0 Å². The second-order valence-electron chi connectivity index (χ2n) is 6.11. The Morgan fingerprint density at radius 3 is 2.67 bits per heavy atom. The molecule has 0 aliphatic rings. The van der Waals surface area contributed by atoms with Gasteiger partial charge in [-0.2, -0.15) is 0 Å². The predicted octanol–water partition coefficient (Wildman–Crippen LogP) is 3.15. The molecule has 6 nitrogen and oxygen atoms in total. The number of hydrogen-bond acceptors (Lipinski definition) is 3. The van der Waals surface area contributed by atoms with E-state index in [1.807, 2.05) is 48.9 Å². The predicted molar refractivity (Wildman–Crippen MR) is 112 cm³/mol. The number of benzene rings is 1. The van der Waals surface area contributed by atoms with Gasteiger partial charge in [-0.3, -0.25) is 0 Å². The monoisotopic (exact) mass is 442 g/mol. The number of imidazole rings is 1. The van der Waals surface area contributed by atoms with Crippen molar-refractivity contribution in [3.63, 3.8) is 0 Å². The molecule has 0 atom stereocenters. The van der Waals surface area contributed by atoms with Gasteiger partial charge in [-0.05, 0) is 23.6 Å². The number of nitrogens with one attached hydrogen (secondary N) is 1. The fourth-order valence-electron chi connectivity index (χ4n) is 2.33. The number of aliphatic imine (C=N–C) groups is 1. The molecule has 0 spiro atoms. The van der Waals surface area contributed by atoms with Crippen molar-refractivity contribution < 1.29 is 0 Å². The van der Waals surface area contributed by atoms with Crippen molar-refractivity contribution in [2.75, 3.05) is 24.3 Å². The van der Waals surface area contributed by atoms with Gasteiger partial charge >= 0.3 is 0 Å². The first-order chi connectivity index (χ1) is 10.9. The minimum atomic E-state index is 0. The number of aromatic nitrogens is 2. The zero-order valence-electron chi connectivity index (χ0n) is 14.9. The summed E-state index contributed by atoms with van der Waals surface area (Å²) in [4.78, 5) is 10.7. The molecule has 2 rings (SSSR count). The quantitative estimate of drug-likeness (QED) is 0.424. The summed E-state index contributed by atoms with van der Waals surface area (Å²) in [5.41, 5.74) is 9.23. The average Bonchev–Trinajstić information content (AvgIpc) is 2.86. The molecule has 0 amide bonds. The van der Waals surface area contributed by atoms with Crippen LogP contribution in [0.2, 0.25) is 0 Å². The Labute approximate surface area is 161 Å². The van der Waals surface area contributed by atoms with Crippen LogP contribution in [0.15, 0.2) is 35.5 Å². The van der Waals surface area contributed by atoms with E-state index in [1.165, 1.54) is 5.56 Å². The lowest BCUT2D eigenvalue weighted by Gasteiger charge is -2.12. The maximum atomic E-state index is 6.00. The molecule has 24 heavy (non-hydrogen) atoms. The highest BCUT2D eigenvalue weighted by atomic mass is 127. The number of halogens is 1. The third-order valence-electron chi connectivity index (χ3n) is 3.70. The van der Waals surface area contributed by atoms with Gasteiger partial charge in [0.2, 0.25) is 5.95 Å². The Kier molecular flexibility index (Phi) is 7.53. The minimum Gasteiger partial charge on any atom is -0.370 e. The topological polar surface area (TPSA) is 71.5 Å². The van der Waals surface area contributed by atoms with Crippen LogP contribution in [0.4, 0.5) is 11.6 Å². The van der Waals surface area contributed by atoms with Crippen LogP contribution >= 0.6 is 24.0 Å². The molecule has 1 heterocycles. The van der Waals surface area contributed by atoms with Crippen molar-refractivity contribution in [2.45, 2.75) is 26.3 Å². The van der Waals surface area contributed by atoms with Gasteiger partial charge in [-0.1, -0.05) is 26.0 Å². The Morgan fingerprint density at radius 2 is 2.08 bits per heavy atom. The van der Waals surface area contributed by atoms with Crippen LogP contribution in [0.3, 0.4) is 0 Å². The van der Waals surface area contributed by atoms with Gasteiger partial charge in [0.15, 0.2) is 5.96 Å². The number of nitrogens with zero attached hydrogens (tertiary/aromatic N) is 4. The SMILES string of the molecule is CC(C)c1cccc(NC(N)=NCc2cnc(N(C)C)n2C)c1.I. The van der Waals surface area contributed by atoms with Gasteiger partial charge in [0.05, 0.1) is 18.4 Å². The van der Waals surface area contributed by atoms with Crippen molar-refractivity contribution in [1.29, 1.82) is 0 Å². The molecule has 2 aromatic rings. The maximum Gasteiger partial charge on any atom is 0.204 e. The van der Waals surface area contributed by atoms with Gasteiger partial charge in [-0.15, -0.1) is 24.0 Å². The van der Waals surface area contributed by atoms with Crippen molar-refractivity contribution in [3.8, 4) is 0 Å². The molecule has 0 radical (unpaired) electrons. The number of hydrogen-bond donors (Lipinski definition) is 2. The molecule has 1 aromatic heterocycles. The van der Waals surface area contributed by atoms with Crippen LogP contribution in [0.1, 0.15) is 31.0 Å². The molecule has 0 aliphatic heterocycles. The Hall–Kier alpha value is -1.77. The molecule has 0 saturated heterocycles. The number of nitrogens with two attached hydrogens (primary N) is 1. The third-order valence-corrected chi connectivity index (χ3v) is 3.70. The zero-order chi connectivity index (χ0) is 17.0. The van der Waals surface area contributed by atoms with Crippen molar-refractivity contribution >= 4 is 41.6 Å². The fraction of sp³-hybridized carbons (Fsp3) is 0.412. The Balaban J connectivity index is 0.00000288. The molecular formula is C17H27IN6. The smallest absolute Gasteiger partial charge is 0.204 e. The van der Waals surface area contributed by atoms with Crippen LogP contribution in [-0.2, 0) is 13.6 Å². The van der Waals surface area contributed by atoms with Gasteiger partial charge in [0.25, 0.3) is 0 Å². The zero-order valence-corrected chi connectivity index (χ0v) is 17.3. The number of rotatable bonds is 5. The summed E-state index contributed by atoms with van der Waals surface area (Å²) < 4.78 is 2.01. The lowest BCUT2D eigenvalue weighted by atomic mass is 10.0. The molecule has 1 aromatic carbocycles. The van der Waals surface area contributed by atoms with E-state index in [0.717, 1.165) is 17.3 Å². The third kappa shape index (κ3) is 5.12. The van der Waals surface area contributed by atoms with Gasteiger partial charge in [-0.25, -0.2) is 9.98 Å².